The van der Waals surface area contributed by atoms with Gasteiger partial charge in [0.1, 0.15) is 4.88 Å². The number of carbonyl (C=O) groups is 2. The van der Waals surface area contributed by atoms with E-state index in [0.717, 1.165) is 11.3 Å². The molecule has 0 spiro atoms. The maximum atomic E-state index is 12.0. The number of aryl methyl sites for hydroxylation is 1. The number of nitrogens with one attached hydrogen (secondary N) is 1. The molecule has 7 heteroatoms. The summed E-state index contributed by atoms with van der Waals surface area (Å²) in [5.74, 6) is -1.31. The fraction of sp³-hybridized carbons (Fsp3) is 0.143. The molecule has 0 aliphatic heterocycles. The molecule has 0 saturated heterocycles. The van der Waals surface area contributed by atoms with Crippen LogP contribution in [0.2, 0.25) is 10.0 Å². The molecule has 2 aromatic rings. The molecule has 0 bridgehead atoms. The second-order valence-electron chi connectivity index (χ2n) is 4.35. The van der Waals surface area contributed by atoms with E-state index in [4.69, 9.17) is 28.3 Å². The molecule has 0 saturated carbocycles. The summed E-state index contributed by atoms with van der Waals surface area (Å²) in [7, 11) is 0. The third-order valence-electron chi connectivity index (χ3n) is 2.77. The minimum absolute atomic E-state index is 0.0257. The summed E-state index contributed by atoms with van der Waals surface area (Å²) >= 11 is 13.0. The number of carbonyl (C=O) groups excluding carboxylic acids is 1. The van der Waals surface area contributed by atoms with Gasteiger partial charge < -0.3 is 10.4 Å². The zero-order chi connectivity index (χ0) is 15.6. The molecule has 1 aromatic carbocycles. The van der Waals surface area contributed by atoms with Gasteiger partial charge in [0.15, 0.2) is 0 Å². The van der Waals surface area contributed by atoms with Crippen LogP contribution in [-0.4, -0.2) is 17.0 Å². The Kier molecular flexibility index (Phi) is 4.88. The van der Waals surface area contributed by atoms with Crippen molar-refractivity contribution in [1.29, 1.82) is 0 Å². The minimum Gasteiger partial charge on any atom is -0.477 e. The predicted octanol–water partition coefficient (Wildman–Crippen LogP) is 4.24. The number of hydrogen-bond acceptors (Lipinski definition) is 3. The Morgan fingerprint density at radius 3 is 2.43 bits per heavy atom. The highest BCUT2D eigenvalue weighted by Gasteiger charge is 2.15. The van der Waals surface area contributed by atoms with Gasteiger partial charge in [0.25, 0.3) is 0 Å². The van der Waals surface area contributed by atoms with Crippen LogP contribution in [0, 0.1) is 6.92 Å². The number of thiophene rings is 1. The predicted molar refractivity (Wildman–Crippen MR) is 84.8 cm³/mol. The monoisotopic (exact) mass is 343 g/mol. The van der Waals surface area contributed by atoms with Crippen molar-refractivity contribution in [2.24, 2.45) is 0 Å². The molecule has 1 aromatic heterocycles. The van der Waals surface area contributed by atoms with E-state index >= 15 is 0 Å². The van der Waals surface area contributed by atoms with Gasteiger partial charge in [-0.3, -0.25) is 4.79 Å². The first kappa shape index (κ1) is 15.8. The van der Waals surface area contributed by atoms with Crippen molar-refractivity contribution < 1.29 is 14.7 Å². The normalized spacial score (nSPS) is 10.4. The number of carboxylic acids is 1. The molecular formula is C14H11Cl2NO3S. The Morgan fingerprint density at radius 2 is 1.90 bits per heavy atom. The van der Waals surface area contributed by atoms with Gasteiger partial charge >= 0.3 is 5.97 Å². The molecule has 110 valence electrons. The highest BCUT2D eigenvalue weighted by atomic mass is 35.5. The van der Waals surface area contributed by atoms with Crippen LogP contribution in [0.15, 0.2) is 24.3 Å². The molecular weight excluding hydrogens is 333 g/mol. The molecule has 0 aliphatic carbocycles. The van der Waals surface area contributed by atoms with Gasteiger partial charge in [0.05, 0.1) is 11.4 Å². The molecule has 21 heavy (non-hydrogen) atoms. The van der Waals surface area contributed by atoms with E-state index in [1.54, 1.807) is 31.2 Å². The fourth-order valence-electron chi connectivity index (χ4n) is 1.80. The van der Waals surface area contributed by atoms with E-state index in [-0.39, 0.29) is 17.2 Å². The highest BCUT2D eigenvalue weighted by molar-refractivity contribution is 7.18. The van der Waals surface area contributed by atoms with Crippen LogP contribution in [0.3, 0.4) is 0 Å². The van der Waals surface area contributed by atoms with Gasteiger partial charge in [-0.05, 0) is 36.2 Å². The Labute approximate surface area is 135 Å². The molecule has 1 amide bonds. The summed E-state index contributed by atoms with van der Waals surface area (Å²) in [6.45, 7) is 1.68. The Morgan fingerprint density at radius 1 is 1.29 bits per heavy atom. The lowest BCUT2D eigenvalue weighted by Gasteiger charge is -2.06. The van der Waals surface area contributed by atoms with Crippen molar-refractivity contribution in [2.75, 3.05) is 5.32 Å². The van der Waals surface area contributed by atoms with Crippen LogP contribution in [-0.2, 0) is 11.2 Å². The van der Waals surface area contributed by atoms with Crippen molar-refractivity contribution in [2.45, 2.75) is 13.3 Å². The number of carboxylic acid groups (broad SMARTS) is 1. The molecule has 0 radical (unpaired) electrons. The van der Waals surface area contributed by atoms with Gasteiger partial charge in [0.2, 0.25) is 5.91 Å². The zero-order valence-electron chi connectivity index (χ0n) is 10.9. The average Bonchev–Trinajstić information content (AvgIpc) is 2.75. The second-order valence-corrected chi connectivity index (χ2v) is 6.22. The standard InChI is InChI=1S/C14H11Cl2NO3S/c1-7-5-12(21-13(7)14(19)20)17-11(18)6-8-9(15)3-2-4-10(8)16/h2-5H,6H2,1H3,(H,17,18)(H,19,20). The van der Waals surface area contributed by atoms with E-state index in [1.165, 1.54) is 0 Å². The van der Waals surface area contributed by atoms with Crippen LogP contribution in [0.1, 0.15) is 20.8 Å². The summed E-state index contributed by atoms with van der Waals surface area (Å²) in [5.41, 5.74) is 1.16. The van der Waals surface area contributed by atoms with E-state index < -0.39 is 5.97 Å². The molecule has 0 atom stereocenters. The summed E-state index contributed by atoms with van der Waals surface area (Å²) < 4.78 is 0. The molecule has 2 N–H and O–H groups in total. The molecule has 1 heterocycles. The minimum atomic E-state index is -1.01. The number of halogens is 2. The zero-order valence-corrected chi connectivity index (χ0v) is 13.3. The third kappa shape index (κ3) is 3.75. The number of anilines is 1. The van der Waals surface area contributed by atoms with Gasteiger partial charge in [-0.1, -0.05) is 29.3 Å². The van der Waals surface area contributed by atoms with E-state index in [0.29, 0.717) is 26.2 Å². The summed E-state index contributed by atoms with van der Waals surface area (Å²) in [4.78, 5) is 23.2. The fourth-order valence-corrected chi connectivity index (χ4v) is 3.26. The van der Waals surface area contributed by atoms with E-state index in [1.807, 2.05) is 0 Å². The van der Waals surface area contributed by atoms with Crippen LogP contribution in [0.4, 0.5) is 5.00 Å². The number of rotatable bonds is 4. The number of hydrogen-bond donors (Lipinski definition) is 2. The lowest BCUT2D eigenvalue weighted by atomic mass is 10.1. The molecule has 0 fully saturated rings. The first-order valence-corrected chi connectivity index (χ1v) is 7.52. The average molecular weight is 344 g/mol. The van der Waals surface area contributed by atoms with Crippen LogP contribution < -0.4 is 5.32 Å². The highest BCUT2D eigenvalue weighted by Crippen LogP contribution is 2.28. The molecule has 0 unspecified atom stereocenters. The maximum absolute atomic E-state index is 12.0. The molecule has 0 aliphatic rings. The van der Waals surface area contributed by atoms with Crippen molar-refractivity contribution >= 4 is 51.4 Å². The summed E-state index contributed by atoms with van der Waals surface area (Å²) in [6.07, 6.45) is 0.0257. The van der Waals surface area contributed by atoms with Crippen LogP contribution in [0.25, 0.3) is 0 Å². The second kappa shape index (κ2) is 6.47. The topological polar surface area (TPSA) is 66.4 Å². The van der Waals surface area contributed by atoms with Crippen molar-refractivity contribution in [1.82, 2.24) is 0 Å². The first-order valence-electron chi connectivity index (χ1n) is 5.95. The number of benzene rings is 1. The van der Waals surface area contributed by atoms with Gasteiger partial charge in [-0.25, -0.2) is 4.79 Å². The van der Waals surface area contributed by atoms with Gasteiger partial charge in [-0.2, -0.15) is 0 Å². The Hall–Kier alpha value is -1.56. The number of amides is 1. The summed E-state index contributed by atoms with van der Waals surface area (Å²) in [6, 6.07) is 6.65. The van der Waals surface area contributed by atoms with E-state index in [9.17, 15) is 9.59 Å². The number of aromatic carboxylic acids is 1. The smallest absolute Gasteiger partial charge is 0.346 e. The molecule has 4 nitrogen and oxygen atoms in total. The quantitative estimate of drug-likeness (QED) is 0.872. The first-order chi connectivity index (χ1) is 9.88. The van der Waals surface area contributed by atoms with Crippen molar-refractivity contribution in [3.8, 4) is 0 Å². The van der Waals surface area contributed by atoms with E-state index in [2.05, 4.69) is 5.32 Å². The van der Waals surface area contributed by atoms with Gasteiger partial charge in [-0.15, -0.1) is 11.3 Å². The Balaban J connectivity index is 2.12. The summed E-state index contributed by atoms with van der Waals surface area (Å²) in [5, 5.41) is 13.0. The lowest BCUT2D eigenvalue weighted by Crippen LogP contribution is -2.14. The van der Waals surface area contributed by atoms with Crippen LogP contribution in [0.5, 0.6) is 0 Å². The largest absolute Gasteiger partial charge is 0.477 e. The van der Waals surface area contributed by atoms with Crippen molar-refractivity contribution in [3.05, 3.63) is 50.3 Å². The lowest BCUT2D eigenvalue weighted by molar-refractivity contribution is -0.115. The Bertz CT molecular complexity index is 692. The SMILES string of the molecule is Cc1cc(NC(=O)Cc2c(Cl)cccc2Cl)sc1C(=O)O. The van der Waals surface area contributed by atoms with Crippen LogP contribution >= 0.6 is 34.5 Å². The van der Waals surface area contributed by atoms with Crippen molar-refractivity contribution in [3.63, 3.8) is 0 Å². The maximum Gasteiger partial charge on any atom is 0.346 e. The third-order valence-corrected chi connectivity index (χ3v) is 4.62. The molecule has 2 rings (SSSR count). The van der Waals surface area contributed by atoms with Gasteiger partial charge in [0, 0.05) is 10.0 Å².